The predicted molar refractivity (Wildman–Crippen MR) is 59.8 cm³/mol. The average molecular weight is 182 g/mol. The summed E-state index contributed by atoms with van der Waals surface area (Å²) >= 11 is 0. The molecule has 0 saturated heterocycles. The molecule has 0 fully saturated rings. The van der Waals surface area contributed by atoms with Crippen molar-refractivity contribution in [3.8, 4) is 0 Å². The molecule has 0 saturated carbocycles. The molecule has 0 atom stereocenters. The maximum Gasteiger partial charge on any atom is 0.0681 e. The number of aliphatic hydroxyl groups is 1. The standard InChI is InChI=1S/C8H10O.2C2H6/c1-7-3-2-4-8(5-7)6-9;2*1-2/h2-5,9H,6H2,1H3;2*1-2H3. The molecule has 0 amide bonds. The maximum atomic E-state index is 8.66. The van der Waals surface area contributed by atoms with Crippen LogP contribution in [0.3, 0.4) is 0 Å². The molecule has 0 aromatic heterocycles. The third-order valence-corrected chi connectivity index (χ3v) is 1.27. The molecule has 1 heteroatoms. The van der Waals surface area contributed by atoms with E-state index in [4.69, 9.17) is 5.11 Å². The number of hydrogen-bond donors (Lipinski definition) is 1. The van der Waals surface area contributed by atoms with E-state index >= 15 is 0 Å². The molecule has 0 spiro atoms. The van der Waals surface area contributed by atoms with Gasteiger partial charge >= 0.3 is 0 Å². The lowest BCUT2D eigenvalue weighted by Gasteiger charge is -1.94. The topological polar surface area (TPSA) is 20.2 Å². The molecule has 0 aliphatic heterocycles. The van der Waals surface area contributed by atoms with Crippen LogP contribution in [0.25, 0.3) is 0 Å². The summed E-state index contributed by atoms with van der Waals surface area (Å²) in [4.78, 5) is 0. The molecule has 0 bridgehead atoms. The minimum absolute atomic E-state index is 0.141. The summed E-state index contributed by atoms with van der Waals surface area (Å²) in [5.41, 5.74) is 2.18. The second-order valence-electron chi connectivity index (χ2n) is 2.15. The van der Waals surface area contributed by atoms with Gasteiger partial charge in [-0.05, 0) is 12.5 Å². The van der Waals surface area contributed by atoms with Gasteiger partial charge in [-0.15, -0.1) is 0 Å². The minimum atomic E-state index is 0.141. The number of benzene rings is 1. The number of aliphatic hydroxyl groups excluding tert-OH is 1. The number of aryl methyl sites for hydroxylation is 1. The summed E-state index contributed by atoms with van der Waals surface area (Å²) in [5.74, 6) is 0. The summed E-state index contributed by atoms with van der Waals surface area (Å²) in [6.07, 6.45) is 0. The summed E-state index contributed by atoms with van der Waals surface area (Å²) in [6.45, 7) is 10.2. The highest BCUT2D eigenvalue weighted by atomic mass is 16.3. The average Bonchev–Trinajstić information content (AvgIpc) is 2.24. The van der Waals surface area contributed by atoms with Crippen LogP contribution in [-0.2, 0) is 6.61 Å². The Morgan fingerprint density at radius 1 is 1.08 bits per heavy atom. The van der Waals surface area contributed by atoms with Crippen molar-refractivity contribution in [3.05, 3.63) is 35.4 Å². The van der Waals surface area contributed by atoms with Gasteiger partial charge in [-0.2, -0.15) is 0 Å². The van der Waals surface area contributed by atoms with Crippen LogP contribution in [-0.4, -0.2) is 5.11 Å². The highest BCUT2D eigenvalue weighted by Gasteiger charge is 1.86. The van der Waals surface area contributed by atoms with E-state index in [-0.39, 0.29) is 6.61 Å². The molecule has 1 aromatic rings. The fourth-order valence-electron chi connectivity index (χ4n) is 0.810. The lowest BCUT2D eigenvalue weighted by atomic mass is 10.1. The Labute approximate surface area is 82.4 Å². The lowest BCUT2D eigenvalue weighted by molar-refractivity contribution is 0.282. The largest absolute Gasteiger partial charge is 0.392 e. The van der Waals surface area contributed by atoms with Crippen LogP contribution in [0, 0.1) is 6.92 Å². The Balaban J connectivity index is 0. The zero-order valence-corrected chi connectivity index (χ0v) is 9.46. The fraction of sp³-hybridized carbons (Fsp3) is 0.500. The van der Waals surface area contributed by atoms with Gasteiger partial charge in [0.2, 0.25) is 0 Å². The van der Waals surface area contributed by atoms with Crippen LogP contribution in [0.5, 0.6) is 0 Å². The Morgan fingerprint density at radius 2 is 1.62 bits per heavy atom. The van der Waals surface area contributed by atoms with Gasteiger partial charge in [0.15, 0.2) is 0 Å². The van der Waals surface area contributed by atoms with Gasteiger partial charge < -0.3 is 5.11 Å². The first kappa shape index (κ1) is 14.7. The van der Waals surface area contributed by atoms with E-state index in [9.17, 15) is 0 Å². The molecular formula is C12H22O. The van der Waals surface area contributed by atoms with Crippen molar-refractivity contribution in [1.82, 2.24) is 0 Å². The zero-order chi connectivity index (χ0) is 10.7. The normalized spacial score (nSPS) is 7.54. The van der Waals surface area contributed by atoms with Crippen molar-refractivity contribution in [2.24, 2.45) is 0 Å². The van der Waals surface area contributed by atoms with Crippen LogP contribution in [0.4, 0.5) is 0 Å². The molecule has 1 nitrogen and oxygen atoms in total. The molecule has 0 aliphatic carbocycles. The first-order valence-corrected chi connectivity index (χ1v) is 4.99. The number of hydrogen-bond acceptors (Lipinski definition) is 1. The van der Waals surface area contributed by atoms with E-state index in [1.807, 2.05) is 58.9 Å². The number of rotatable bonds is 1. The van der Waals surface area contributed by atoms with Crippen molar-refractivity contribution in [3.63, 3.8) is 0 Å². The van der Waals surface area contributed by atoms with E-state index in [1.54, 1.807) is 0 Å². The zero-order valence-electron chi connectivity index (χ0n) is 9.46. The second-order valence-corrected chi connectivity index (χ2v) is 2.15. The van der Waals surface area contributed by atoms with Crippen molar-refractivity contribution in [2.75, 3.05) is 0 Å². The van der Waals surface area contributed by atoms with Crippen LogP contribution in [0.15, 0.2) is 24.3 Å². The monoisotopic (exact) mass is 182 g/mol. The predicted octanol–water partition coefficient (Wildman–Crippen LogP) is 3.54. The van der Waals surface area contributed by atoms with E-state index in [0.29, 0.717) is 0 Å². The van der Waals surface area contributed by atoms with E-state index < -0.39 is 0 Å². The van der Waals surface area contributed by atoms with E-state index in [2.05, 4.69) is 0 Å². The van der Waals surface area contributed by atoms with Crippen molar-refractivity contribution < 1.29 is 5.11 Å². The lowest BCUT2D eigenvalue weighted by Crippen LogP contribution is -1.81. The Morgan fingerprint density at radius 3 is 1.92 bits per heavy atom. The van der Waals surface area contributed by atoms with Crippen molar-refractivity contribution in [2.45, 2.75) is 41.2 Å². The first-order chi connectivity index (χ1) is 6.33. The molecule has 13 heavy (non-hydrogen) atoms. The molecule has 0 aliphatic rings. The second kappa shape index (κ2) is 11.2. The molecular weight excluding hydrogens is 160 g/mol. The Bertz CT molecular complexity index is 194. The van der Waals surface area contributed by atoms with Gasteiger partial charge in [0.25, 0.3) is 0 Å². The van der Waals surface area contributed by atoms with Crippen LogP contribution in [0.1, 0.15) is 38.8 Å². The smallest absolute Gasteiger partial charge is 0.0681 e. The van der Waals surface area contributed by atoms with E-state index in [0.717, 1.165) is 5.56 Å². The van der Waals surface area contributed by atoms with Gasteiger partial charge in [0, 0.05) is 0 Å². The maximum absolute atomic E-state index is 8.66. The quantitative estimate of drug-likeness (QED) is 0.704. The van der Waals surface area contributed by atoms with Gasteiger partial charge in [-0.3, -0.25) is 0 Å². The molecule has 76 valence electrons. The molecule has 1 rings (SSSR count). The summed E-state index contributed by atoms with van der Waals surface area (Å²) < 4.78 is 0. The summed E-state index contributed by atoms with van der Waals surface area (Å²) in [7, 11) is 0. The van der Waals surface area contributed by atoms with Crippen LogP contribution in [0.2, 0.25) is 0 Å². The van der Waals surface area contributed by atoms with Gasteiger partial charge in [-0.25, -0.2) is 0 Å². The highest BCUT2D eigenvalue weighted by Crippen LogP contribution is 2.02. The van der Waals surface area contributed by atoms with Gasteiger partial charge in [0.05, 0.1) is 6.61 Å². The molecule has 1 aromatic carbocycles. The van der Waals surface area contributed by atoms with Gasteiger partial charge in [0.1, 0.15) is 0 Å². The highest BCUT2D eigenvalue weighted by molar-refractivity contribution is 5.21. The third-order valence-electron chi connectivity index (χ3n) is 1.27. The van der Waals surface area contributed by atoms with Crippen LogP contribution < -0.4 is 0 Å². The summed E-state index contributed by atoms with van der Waals surface area (Å²) in [6, 6.07) is 7.84. The summed E-state index contributed by atoms with van der Waals surface area (Å²) in [5, 5.41) is 8.66. The van der Waals surface area contributed by atoms with Crippen molar-refractivity contribution >= 4 is 0 Å². The molecule has 0 radical (unpaired) electrons. The first-order valence-electron chi connectivity index (χ1n) is 4.99. The Hall–Kier alpha value is -0.820. The van der Waals surface area contributed by atoms with Crippen LogP contribution >= 0.6 is 0 Å². The molecule has 1 N–H and O–H groups in total. The SMILES string of the molecule is CC.CC.Cc1cccc(CO)c1. The van der Waals surface area contributed by atoms with E-state index in [1.165, 1.54) is 5.56 Å². The fourth-order valence-corrected chi connectivity index (χ4v) is 0.810. The van der Waals surface area contributed by atoms with Gasteiger partial charge in [-0.1, -0.05) is 57.5 Å². The molecule has 0 heterocycles. The third kappa shape index (κ3) is 7.54. The minimum Gasteiger partial charge on any atom is -0.392 e. The Kier molecular flexibility index (Phi) is 12.6. The molecule has 0 unspecified atom stereocenters. The van der Waals surface area contributed by atoms with Crippen molar-refractivity contribution in [1.29, 1.82) is 0 Å².